The summed E-state index contributed by atoms with van der Waals surface area (Å²) in [6.45, 7) is 4.55. The van der Waals surface area contributed by atoms with Gasteiger partial charge in [0.1, 0.15) is 6.61 Å². The Kier molecular flexibility index (Phi) is 6.31. The Balaban J connectivity index is 1.63. The molecule has 4 heteroatoms. The molecule has 0 radical (unpaired) electrons. The molecule has 1 heterocycles. The van der Waals surface area contributed by atoms with Crippen molar-refractivity contribution in [2.45, 2.75) is 19.6 Å². The summed E-state index contributed by atoms with van der Waals surface area (Å²) in [4.78, 5) is 2.48. The molecule has 0 bridgehead atoms. The van der Waals surface area contributed by atoms with Gasteiger partial charge in [-0.25, -0.2) is 0 Å². The van der Waals surface area contributed by atoms with E-state index < -0.39 is 0 Å². The molecule has 3 rings (SSSR count). The molecule has 25 heavy (non-hydrogen) atoms. The van der Waals surface area contributed by atoms with Gasteiger partial charge in [-0.15, -0.1) is 0 Å². The maximum absolute atomic E-state index is 6.02. The quantitative estimate of drug-likeness (QED) is 0.732. The van der Waals surface area contributed by atoms with Gasteiger partial charge in [-0.05, 0) is 42.1 Å². The lowest BCUT2D eigenvalue weighted by Crippen LogP contribution is -2.21. The smallest absolute Gasteiger partial charge is 0.161 e. The highest BCUT2D eigenvalue weighted by Gasteiger charge is 2.22. The summed E-state index contributed by atoms with van der Waals surface area (Å²) >= 11 is 0. The molecule has 0 N–H and O–H groups in total. The predicted molar refractivity (Wildman–Crippen MR) is 99.0 cm³/mol. The molecule has 0 aliphatic carbocycles. The lowest BCUT2D eigenvalue weighted by molar-refractivity contribution is 0.152. The number of nitrogens with zero attached hydrogens (tertiary/aromatic N) is 1. The second-order valence-corrected chi connectivity index (χ2v) is 6.60. The third-order valence-corrected chi connectivity index (χ3v) is 4.64. The number of likely N-dealkylation sites (tertiary alicyclic amines) is 1. The van der Waals surface area contributed by atoms with Gasteiger partial charge in [0, 0.05) is 20.2 Å². The Hall–Kier alpha value is -2.04. The van der Waals surface area contributed by atoms with Gasteiger partial charge in [-0.1, -0.05) is 36.4 Å². The maximum Gasteiger partial charge on any atom is 0.161 e. The van der Waals surface area contributed by atoms with Crippen LogP contribution >= 0.6 is 0 Å². The molecule has 0 saturated carbocycles. The van der Waals surface area contributed by atoms with Gasteiger partial charge in [0.2, 0.25) is 0 Å². The molecule has 0 aromatic heterocycles. The minimum absolute atomic E-state index is 0.542. The summed E-state index contributed by atoms with van der Waals surface area (Å²) in [6.07, 6.45) is 1.21. The van der Waals surface area contributed by atoms with Crippen LogP contribution in [-0.4, -0.2) is 38.8 Å². The number of hydrogen-bond acceptors (Lipinski definition) is 4. The zero-order chi connectivity index (χ0) is 17.5. The molecular weight excluding hydrogens is 314 g/mol. The van der Waals surface area contributed by atoms with Crippen LogP contribution in [0.3, 0.4) is 0 Å². The van der Waals surface area contributed by atoms with Gasteiger partial charge in [0.05, 0.1) is 13.7 Å². The monoisotopic (exact) mass is 341 g/mol. The summed E-state index contributed by atoms with van der Waals surface area (Å²) in [5.41, 5.74) is 2.40. The van der Waals surface area contributed by atoms with Gasteiger partial charge < -0.3 is 14.2 Å². The van der Waals surface area contributed by atoms with E-state index in [-0.39, 0.29) is 0 Å². The van der Waals surface area contributed by atoms with E-state index in [0.717, 1.165) is 43.3 Å². The first-order valence-corrected chi connectivity index (χ1v) is 8.83. The molecular formula is C21H27NO3. The van der Waals surface area contributed by atoms with Crippen molar-refractivity contribution in [3.8, 4) is 11.5 Å². The van der Waals surface area contributed by atoms with Crippen molar-refractivity contribution < 1.29 is 14.2 Å². The maximum atomic E-state index is 6.02. The molecule has 0 unspecified atom stereocenters. The van der Waals surface area contributed by atoms with Crippen molar-refractivity contribution in [1.29, 1.82) is 0 Å². The van der Waals surface area contributed by atoms with E-state index in [1.165, 1.54) is 12.0 Å². The molecule has 4 nitrogen and oxygen atoms in total. The fraction of sp³-hybridized carbons (Fsp3) is 0.429. The molecule has 1 aliphatic rings. The average molecular weight is 341 g/mol. The number of hydrogen-bond donors (Lipinski definition) is 0. The van der Waals surface area contributed by atoms with Gasteiger partial charge in [0.25, 0.3) is 0 Å². The van der Waals surface area contributed by atoms with Crippen LogP contribution in [-0.2, 0) is 17.9 Å². The highest BCUT2D eigenvalue weighted by atomic mass is 16.5. The normalized spacial score (nSPS) is 17.6. The third-order valence-electron chi connectivity index (χ3n) is 4.64. The molecule has 2 aromatic rings. The van der Waals surface area contributed by atoms with Crippen LogP contribution in [0.1, 0.15) is 17.5 Å². The zero-order valence-electron chi connectivity index (χ0n) is 15.1. The van der Waals surface area contributed by atoms with E-state index in [4.69, 9.17) is 14.2 Å². The number of methoxy groups -OCH3 is 2. The molecule has 0 spiro atoms. The Morgan fingerprint density at radius 3 is 2.60 bits per heavy atom. The predicted octanol–water partition coefficient (Wildman–Crippen LogP) is 3.74. The van der Waals surface area contributed by atoms with Crippen molar-refractivity contribution >= 4 is 0 Å². The summed E-state index contributed by atoms with van der Waals surface area (Å²) < 4.78 is 16.8. The largest absolute Gasteiger partial charge is 0.493 e. The average Bonchev–Trinajstić information content (AvgIpc) is 3.08. The SMILES string of the molecule is COC[C@@H]1CCN(Cc2ccc(OC)c(OCc3ccccc3)c2)C1. The minimum atomic E-state index is 0.542. The number of ether oxygens (including phenoxy) is 3. The second kappa shape index (κ2) is 8.88. The van der Waals surface area contributed by atoms with Crippen LogP contribution in [0.25, 0.3) is 0 Å². The van der Waals surface area contributed by atoms with E-state index in [2.05, 4.69) is 29.2 Å². The summed E-state index contributed by atoms with van der Waals surface area (Å²) in [5.74, 6) is 2.23. The lowest BCUT2D eigenvalue weighted by Gasteiger charge is -2.18. The van der Waals surface area contributed by atoms with Crippen molar-refractivity contribution in [2.24, 2.45) is 5.92 Å². The first-order chi connectivity index (χ1) is 12.3. The Bertz CT molecular complexity index is 659. The molecule has 1 fully saturated rings. The van der Waals surface area contributed by atoms with Crippen molar-refractivity contribution in [2.75, 3.05) is 33.9 Å². The summed E-state index contributed by atoms with van der Waals surface area (Å²) in [6, 6.07) is 16.4. The van der Waals surface area contributed by atoms with Gasteiger partial charge >= 0.3 is 0 Å². The van der Waals surface area contributed by atoms with Crippen LogP contribution in [0.15, 0.2) is 48.5 Å². The fourth-order valence-corrected chi connectivity index (χ4v) is 3.35. The van der Waals surface area contributed by atoms with E-state index in [1.807, 2.05) is 24.3 Å². The van der Waals surface area contributed by atoms with Gasteiger partial charge in [-0.3, -0.25) is 4.90 Å². The fourth-order valence-electron chi connectivity index (χ4n) is 3.35. The van der Waals surface area contributed by atoms with Crippen LogP contribution in [0, 0.1) is 5.92 Å². The molecule has 1 aliphatic heterocycles. The summed E-state index contributed by atoms with van der Waals surface area (Å²) in [7, 11) is 3.46. The van der Waals surface area contributed by atoms with E-state index in [9.17, 15) is 0 Å². The van der Waals surface area contributed by atoms with Crippen LogP contribution in [0.4, 0.5) is 0 Å². The Morgan fingerprint density at radius 1 is 1.00 bits per heavy atom. The summed E-state index contributed by atoms with van der Waals surface area (Å²) in [5, 5.41) is 0. The van der Waals surface area contributed by atoms with E-state index in [1.54, 1.807) is 14.2 Å². The lowest BCUT2D eigenvalue weighted by atomic mass is 10.1. The number of benzene rings is 2. The van der Waals surface area contributed by atoms with Crippen LogP contribution < -0.4 is 9.47 Å². The highest BCUT2D eigenvalue weighted by Crippen LogP contribution is 2.30. The molecule has 1 saturated heterocycles. The van der Waals surface area contributed by atoms with Crippen molar-refractivity contribution in [3.05, 3.63) is 59.7 Å². The molecule has 2 aromatic carbocycles. The standard InChI is InChI=1S/C21H27NO3/c1-23-15-19-10-11-22(14-19)13-18-8-9-20(24-2)21(12-18)25-16-17-6-4-3-5-7-17/h3-9,12,19H,10-11,13-16H2,1-2H3/t19-/m1/s1. The zero-order valence-corrected chi connectivity index (χ0v) is 15.1. The first-order valence-electron chi connectivity index (χ1n) is 8.83. The van der Waals surface area contributed by atoms with E-state index in [0.29, 0.717) is 12.5 Å². The first kappa shape index (κ1) is 17.8. The van der Waals surface area contributed by atoms with Crippen LogP contribution in [0.2, 0.25) is 0 Å². The topological polar surface area (TPSA) is 30.9 Å². The highest BCUT2D eigenvalue weighted by molar-refractivity contribution is 5.43. The number of rotatable bonds is 8. The second-order valence-electron chi connectivity index (χ2n) is 6.60. The van der Waals surface area contributed by atoms with Gasteiger partial charge in [-0.2, -0.15) is 0 Å². The Morgan fingerprint density at radius 2 is 1.84 bits per heavy atom. The van der Waals surface area contributed by atoms with Crippen molar-refractivity contribution in [3.63, 3.8) is 0 Å². The Labute approximate surface area is 150 Å². The van der Waals surface area contributed by atoms with Crippen LogP contribution in [0.5, 0.6) is 11.5 Å². The molecule has 134 valence electrons. The van der Waals surface area contributed by atoms with Crippen molar-refractivity contribution in [1.82, 2.24) is 4.90 Å². The minimum Gasteiger partial charge on any atom is -0.493 e. The van der Waals surface area contributed by atoms with E-state index >= 15 is 0 Å². The molecule has 0 amide bonds. The van der Waals surface area contributed by atoms with Gasteiger partial charge in [0.15, 0.2) is 11.5 Å². The molecule has 1 atom stereocenters. The third kappa shape index (κ3) is 4.97.